The van der Waals surface area contributed by atoms with Crippen LogP contribution in [0.4, 0.5) is 8.78 Å². The monoisotopic (exact) mass is 394 g/mol. The van der Waals surface area contributed by atoms with Gasteiger partial charge in [0.25, 0.3) is 5.91 Å². The number of carbonyl (C=O) groups is 1. The summed E-state index contributed by atoms with van der Waals surface area (Å²) in [4.78, 5) is 19.0. The fraction of sp³-hybridized carbons (Fsp3) is 0.217. The minimum Gasteiger partial charge on any atom is -0.368 e. The van der Waals surface area contributed by atoms with Crippen molar-refractivity contribution in [2.45, 2.75) is 12.5 Å². The fourth-order valence-corrected chi connectivity index (χ4v) is 3.43. The van der Waals surface area contributed by atoms with E-state index in [2.05, 4.69) is 4.98 Å². The average Bonchev–Trinajstić information content (AvgIpc) is 2.77. The Morgan fingerprint density at radius 1 is 1.00 bits per heavy atom. The zero-order valence-corrected chi connectivity index (χ0v) is 15.7. The molecule has 1 aromatic heterocycles. The first-order valence-electron chi connectivity index (χ1n) is 9.46. The van der Waals surface area contributed by atoms with Crippen molar-refractivity contribution in [1.82, 2.24) is 9.88 Å². The Labute approximate surface area is 167 Å². The molecule has 3 aromatic rings. The highest BCUT2D eigenvalue weighted by Crippen LogP contribution is 2.23. The zero-order valence-electron chi connectivity index (χ0n) is 15.7. The molecule has 4 nitrogen and oxygen atoms in total. The molecule has 1 fully saturated rings. The van der Waals surface area contributed by atoms with Gasteiger partial charge in [-0.05, 0) is 36.4 Å². The van der Waals surface area contributed by atoms with Crippen LogP contribution in [-0.4, -0.2) is 35.5 Å². The molecule has 2 aromatic carbocycles. The molecule has 1 atom stereocenters. The normalized spacial score (nSPS) is 16.6. The van der Waals surface area contributed by atoms with Gasteiger partial charge in [-0.3, -0.25) is 9.78 Å². The number of rotatable bonds is 4. The molecular weight excluding hydrogens is 374 g/mol. The molecule has 0 aliphatic carbocycles. The van der Waals surface area contributed by atoms with Gasteiger partial charge in [0.2, 0.25) is 0 Å². The Morgan fingerprint density at radius 2 is 1.72 bits per heavy atom. The molecule has 6 heteroatoms. The molecule has 0 saturated carbocycles. The van der Waals surface area contributed by atoms with E-state index in [-0.39, 0.29) is 24.0 Å². The molecule has 0 spiro atoms. The van der Waals surface area contributed by atoms with Gasteiger partial charge in [-0.25, -0.2) is 8.78 Å². The maximum absolute atomic E-state index is 14.0. The van der Waals surface area contributed by atoms with E-state index in [1.807, 2.05) is 24.3 Å². The van der Waals surface area contributed by atoms with E-state index in [0.29, 0.717) is 36.6 Å². The molecule has 1 saturated heterocycles. The predicted octanol–water partition coefficient (Wildman–Crippen LogP) is 4.16. The average molecular weight is 394 g/mol. The van der Waals surface area contributed by atoms with Crippen LogP contribution in [0.25, 0.3) is 0 Å². The summed E-state index contributed by atoms with van der Waals surface area (Å²) in [6, 6.07) is 18.2. The number of nitrogens with zero attached hydrogens (tertiary/aromatic N) is 2. The van der Waals surface area contributed by atoms with Gasteiger partial charge in [-0.1, -0.05) is 30.3 Å². The lowest BCUT2D eigenvalue weighted by molar-refractivity contribution is -0.0247. The van der Waals surface area contributed by atoms with Crippen molar-refractivity contribution in [3.63, 3.8) is 0 Å². The molecule has 0 bridgehead atoms. The van der Waals surface area contributed by atoms with Crippen LogP contribution in [0.5, 0.6) is 0 Å². The van der Waals surface area contributed by atoms with Gasteiger partial charge in [0.05, 0.1) is 18.8 Å². The van der Waals surface area contributed by atoms with Crippen LogP contribution in [0.1, 0.15) is 33.4 Å². The second kappa shape index (κ2) is 8.49. The fourth-order valence-electron chi connectivity index (χ4n) is 3.43. The third-order valence-corrected chi connectivity index (χ3v) is 4.95. The molecule has 0 radical (unpaired) electrons. The van der Waals surface area contributed by atoms with Crippen LogP contribution in [0.3, 0.4) is 0 Å². The van der Waals surface area contributed by atoms with Crippen molar-refractivity contribution in [3.8, 4) is 0 Å². The van der Waals surface area contributed by atoms with Crippen molar-refractivity contribution >= 4 is 5.91 Å². The number of amides is 1. The largest absolute Gasteiger partial charge is 0.368 e. The van der Waals surface area contributed by atoms with Crippen LogP contribution in [0.15, 0.2) is 66.7 Å². The third-order valence-electron chi connectivity index (χ3n) is 4.95. The second-order valence-electron chi connectivity index (χ2n) is 6.91. The minimum atomic E-state index is -0.592. The van der Waals surface area contributed by atoms with Gasteiger partial charge in [0, 0.05) is 29.8 Å². The lowest BCUT2D eigenvalue weighted by Gasteiger charge is -2.33. The molecule has 0 unspecified atom stereocenters. The Bertz CT molecular complexity index is 991. The Kier molecular flexibility index (Phi) is 5.62. The highest BCUT2D eigenvalue weighted by Gasteiger charge is 2.27. The molecule has 29 heavy (non-hydrogen) atoms. The van der Waals surface area contributed by atoms with Crippen LogP contribution in [-0.2, 0) is 11.2 Å². The molecule has 1 amide bonds. The van der Waals surface area contributed by atoms with Crippen molar-refractivity contribution in [2.24, 2.45) is 0 Å². The molecule has 2 heterocycles. The molecule has 148 valence electrons. The number of pyridine rings is 1. The van der Waals surface area contributed by atoms with Crippen molar-refractivity contribution < 1.29 is 18.3 Å². The summed E-state index contributed by atoms with van der Waals surface area (Å²) in [5, 5.41) is 0. The smallest absolute Gasteiger partial charge is 0.254 e. The first kappa shape index (κ1) is 19.2. The number of benzene rings is 2. The van der Waals surface area contributed by atoms with E-state index in [4.69, 9.17) is 4.74 Å². The van der Waals surface area contributed by atoms with Crippen molar-refractivity contribution in [2.75, 3.05) is 19.7 Å². The summed E-state index contributed by atoms with van der Waals surface area (Å²) < 4.78 is 33.7. The lowest BCUT2D eigenvalue weighted by atomic mass is 10.1. The highest BCUT2D eigenvalue weighted by atomic mass is 19.1. The third kappa shape index (κ3) is 4.32. The van der Waals surface area contributed by atoms with E-state index in [0.717, 1.165) is 0 Å². The highest BCUT2D eigenvalue weighted by molar-refractivity contribution is 5.94. The zero-order chi connectivity index (χ0) is 20.2. The minimum absolute atomic E-state index is 0.0115. The van der Waals surface area contributed by atoms with Gasteiger partial charge in [0.1, 0.15) is 17.7 Å². The topological polar surface area (TPSA) is 42.4 Å². The van der Waals surface area contributed by atoms with E-state index in [1.54, 1.807) is 29.2 Å². The van der Waals surface area contributed by atoms with Crippen LogP contribution in [0, 0.1) is 11.6 Å². The SMILES string of the molecule is O=C(c1ccccc1)N1CCO[C@H](c2cccc(Cc3c(F)cccc3F)n2)C1. The van der Waals surface area contributed by atoms with Crippen molar-refractivity contribution in [1.29, 1.82) is 0 Å². The summed E-state index contributed by atoms with van der Waals surface area (Å²) in [6.45, 7) is 1.28. The standard InChI is InChI=1S/C23H20F2N2O2/c24-19-9-5-10-20(25)18(19)14-17-8-4-11-21(26-17)22-15-27(12-13-29-22)23(28)16-6-2-1-3-7-16/h1-11,22H,12-15H2/t22-/m0/s1. The molecule has 1 aliphatic rings. The predicted molar refractivity (Wildman–Crippen MR) is 104 cm³/mol. The number of morpholine rings is 1. The van der Waals surface area contributed by atoms with Crippen LogP contribution in [0.2, 0.25) is 0 Å². The Morgan fingerprint density at radius 3 is 2.48 bits per heavy atom. The summed E-state index contributed by atoms with van der Waals surface area (Å²) >= 11 is 0. The maximum atomic E-state index is 14.0. The van der Waals surface area contributed by atoms with Gasteiger partial charge < -0.3 is 9.64 Å². The van der Waals surface area contributed by atoms with Crippen LogP contribution < -0.4 is 0 Å². The van der Waals surface area contributed by atoms with E-state index in [1.165, 1.54) is 18.2 Å². The Hall–Kier alpha value is -3.12. The number of hydrogen-bond donors (Lipinski definition) is 0. The molecular formula is C23H20F2N2O2. The van der Waals surface area contributed by atoms with Gasteiger partial charge >= 0.3 is 0 Å². The maximum Gasteiger partial charge on any atom is 0.254 e. The van der Waals surface area contributed by atoms with E-state index >= 15 is 0 Å². The number of aromatic nitrogens is 1. The van der Waals surface area contributed by atoms with Gasteiger partial charge in [-0.2, -0.15) is 0 Å². The molecule has 0 N–H and O–H groups in total. The van der Waals surface area contributed by atoms with E-state index in [9.17, 15) is 13.6 Å². The summed E-state index contributed by atoms with van der Waals surface area (Å²) in [7, 11) is 0. The Balaban J connectivity index is 1.51. The van der Waals surface area contributed by atoms with Crippen molar-refractivity contribution in [3.05, 3.63) is 101 Å². The summed E-state index contributed by atoms with van der Waals surface area (Å²) in [6.07, 6.45) is -0.340. The first-order valence-corrected chi connectivity index (χ1v) is 9.46. The number of ether oxygens (including phenoxy) is 1. The second-order valence-corrected chi connectivity index (χ2v) is 6.91. The summed E-state index contributed by atoms with van der Waals surface area (Å²) in [5.74, 6) is -1.24. The van der Waals surface area contributed by atoms with Gasteiger partial charge in [-0.15, -0.1) is 0 Å². The quantitative estimate of drug-likeness (QED) is 0.667. The first-order chi connectivity index (χ1) is 14.1. The molecule has 4 rings (SSSR count). The lowest BCUT2D eigenvalue weighted by Crippen LogP contribution is -2.42. The van der Waals surface area contributed by atoms with E-state index < -0.39 is 11.6 Å². The van der Waals surface area contributed by atoms with Crippen LogP contribution >= 0.6 is 0 Å². The summed E-state index contributed by atoms with van der Waals surface area (Å²) in [5.41, 5.74) is 1.80. The number of halogens is 2. The van der Waals surface area contributed by atoms with Gasteiger partial charge in [0.15, 0.2) is 0 Å². The molecule has 1 aliphatic heterocycles. The number of hydrogen-bond acceptors (Lipinski definition) is 3. The number of carbonyl (C=O) groups excluding carboxylic acids is 1.